The van der Waals surface area contributed by atoms with Gasteiger partial charge in [-0.05, 0) is 40.2 Å². The van der Waals surface area contributed by atoms with Crippen LogP contribution in [-0.4, -0.2) is 20.0 Å². The maximum Gasteiger partial charge on any atom is 0.199 e. The van der Waals surface area contributed by atoms with Gasteiger partial charge in [-0.2, -0.15) is 0 Å². The SMILES string of the molecule is COc1cc(Br)c(C(=O)c2cc(Br)ccc2Br)c(OC)c1. The predicted octanol–water partition coefficient (Wildman–Crippen LogP) is 5.22. The highest BCUT2D eigenvalue weighted by Gasteiger charge is 2.21. The van der Waals surface area contributed by atoms with Gasteiger partial charge >= 0.3 is 0 Å². The van der Waals surface area contributed by atoms with Crippen LogP contribution in [0.3, 0.4) is 0 Å². The zero-order valence-electron chi connectivity index (χ0n) is 11.2. The normalized spacial score (nSPS) is 10.3. The fourth-order valence-corrected chi connectivity index (χ4v) is 3.25. The number of carbonyl (C=O) groups is 1. The molecule has 2 aromatic rings. The van der Waals surface area contributed by atoms with Crippen LogP contribution in [0.25, 0.3) is 0 Å². The number of carbonyl (C=O) groups excluding carboxylic acids is 1. The van der Waals surface area contributed by atoms with Gasteiger partial charge in [-0.15, -0.1) is 0 Å². The molecule has 0 aliphatic heterocycles. The Morgan fingerprint density at radius 2 is 1.67 bits per heavy atom. The smallest absolute Gasteiger partial charge is 0.199 e. The van der Waals surface area contributed by atoms with Crippen LogP contribution < -0.4 is 9.47 Å². The molecule has 0 spiro atoms. The molecule has 0 saturated carbocycles. The van der Waals surface area contributed by atoms with Gasteiger partial charge in [0.25, 0.3) is 0 Å². The van der Waals surface area contributed by atoms with Crippen molar-refractivity contribution in [3.05, 3.63) is 54.9 Å². The number of rotatable bonds is 4. The lowest BCUT2D eigenvalue weighted by molar-refractivity contribution is 0.103. The third kappa shape index (κ3) is 3.49. The van der Waals surface area contributed by atoms with Gasteiger partial charge in [-0.3, -0.25) is 4.79 Å². The molecule has 6 heteroatoms. The van der Waals surface area contributed by atoms with E-state index in [9.17, 15) is 4.79 Å². The summed E-state index contributed by atoms with van der Waals surface area (Å²) in [5, 5.41) is 0. The minimum atomic E-state index is -0.144. The first kappa shape index (κ1) is 16.5. The summed E-state index contributed by atoms with van der Waals surface area (Å²) >= 11 is 10.2. The van der Waals surface area contributed by atoms with Crippen molar-refractivity contribution in [1.82, 2.24) is 0 Å². The largest absolute Gasteiger partial charge is 0.497 e. The Labute approximate surface area is 148 Å². The molecule has 0 aliphatic rings. The van der Waals surface area contributed by atoms with E-state index in [1.54, 1.807) is 25.3 Å². The van der Waals surface area contributed by atoms with Gasteiger partial charge in [0, 0.05) is 25.0 Å². The number of benzene rings is 2. The van der Waals surface area contributed by atoms with Crippen molar-refractivity contribution in [3.8, 4) is 11.5 Å². The molecule has 0 radical (unpaired) electrons. The summed E-state index contributed by atoms with van der Waals surface area (Å²) in [5.41, 5.74) is 1.01. The maximum atomic E-state index is 12.8. The summed E-state index contributed by atoms with van der Waals surface area (Å²) in [5.74, 6) is 0.927. The van der Waals surface area contributed by atoms with Crippen LogP contribution >= 0.6 is 47.8 Å². The van der Waals surface area contributed by atoms with Gasteiger partial charge in [0.1, 0.15) is 11.5 Å². The molecule has 21 heavy (non-hydrogen) atoms. The number of hydrogen-bond acceptors (Lipinski definition) is 3. The Hall–Kier alpha value is -0.850. The van der Waals surface area contributed by atoms with Crippen LogP contribution in [0, 0.1) is 0 Å². The van der Waals surface area contributed by atoms with Crippen molar-refractivity contribution in [1.29, 1.82) is 0 Å². The molecule has 0 saturated heterocycles. The number of ketones is 1. The molecular formula is C15H11Br3O3. The molecule has 2 aromatic carbocycles. The van der Waals surface area contributed by atoms with E-state index in [2.05, 4.69) is 47.8 Å². The summed E-state index contributed by atoms with van der Waals surface area (Å²) in [6, 6.07) is 8.87. The molecule has 0 N–H and O–H groups in total. The number of hydrogen-bond donors (Lipinski definition) is 0. The second kappa shape index (κ2) is 6.94. The summed E-state index contributed by atoms with van der Waals surface area (Å²) in [6.07, 6.45) is 0. The van der Waals surface area contributed by atoms with E-state index in [1.807, 2.05) is 12.1 Å². The average molecular weight is 479 g/mol. The maximum absolute atomic E-state index is 12.8. The lowest BCUT2D eigenvalue weighted by atomic mass is 10.0. The van der Waals surface area contributed by atoms with Gasteiger partial charge in [0.2, 0.25) is 0 Å². The zero-order valence-corrected chi connectivity index (χ0v) is 16.0. The lowest BCUT2D eigenvalue weighted by Crippen LogP contribution is -2.06. The minimum Gasteiger partial charge on any atom is -0.497 e. The van der Waals surface area contributed by atoms with E-state index in [-0.39, 0.29) is 5.78 Å². The molecule has 2 rings (SSSR count). The predicted molar refractivity (Wildman–Crippen MR) is 92.5 cm³/mol. The number of methoxy groups -OCH3 is 2. The van der Waals surface area contributed by atoms with Gasteiger partial charge in [0.15, 0.2) is 5.78 Å². The fraction of sp³-hybridized carbons (Fsp3) is 0.133. The van der Waals surface area contributed by atoms with Crippen molar-refractivity contribution >= 4 is 53.6 Å². The molecule has 0 aliphatic carbocycles. The first-order chi connectivity index (χ1) is 9.97. The average Bonchev–Trinajstić information content (AvgIpc) is 2.48. The van der Waals surface area contributed by atoms with Gasteiger partial charge in [-0.25, -0.2) is 0 Å². The highest BCUT2D eigenvalue weighted by atomic mass is 79.9. The molecular weight excluding hydrogens is 468 g/mol. The highest BCUT2D eigenvalue weighted by molar-refractivity contribution is 9.11. The fourth-order valence-electron chi connectivity index (χ4n) is 1.86. The Morgan fingerprint density at radius 1 is 0.952 bits per heavy atom. The molecule has 0 bridgehead atoms. The molecule has 0 unspecified atom stereocenters. The van der Waals surface area contributed by atoms with E-state index < -0.39 is 0 Å². The Morgan fingerprint density at radius 3 is 2.29 bits per heavy atom. The lowest BCUT2D eigenvalue weighted by Gasteiger charge is -2.13. The molecule has 0 atom stereocenters. The first-order valence-corrected chi connectivity index (χ1v) is 8.27. The van der Waals surface area contributed by atoms with Crippen molar-refractivity contribution in [3.63, 3.8) is 0 Å². The van der Waals surface area contributed by atoms with Gasteiger partial charge in [0.05, 0.1) is 19.8 Å². The van der Waals surface area contributed by atoms with Crippen molar-refractivity contribution in [2.75, 3.05) is 14.2 Å². The summed E-state index contributed by atoms with van der Waals surface area (Å²) < 4.78 is 12.7. The Balaban J connectivity index is 2.60. The Bertz CT molecular complexity index is 699. The van der Waals surface area contributed by atoms with E-state index in [4.69, 9.17) is 9.47 Å². The molecule has 110 valence electrons. The summed E-state index contributed by atoms with van der Waals surface area (Å²) in [6.45, 7) is 0. The second-order valence-corrected chi connectivity index (χ2v) is 6.76. The third-order valence-electron chi connectivity index (χ3n) is 2.88. The van der Waals surface area contributed by atoms with Crippen molar-refractivity contribution in [2.45, 2.75) is 0 Å². The van der Waals surface area contributed by atoms with E-state index in [0.717, 1.165) is 8.95 Å². The van der Waals surface area contributed by atoms with Crippen molar-refractivity contribution < 1.29 is 14.3 Å². The van der Waals surface area contributed by atoms with Crippen LogP contribution in [0.2, 0.25) is 0 Å². The summed E-state index contributed by atoms with van der Waals surface area (Å²) in [7, 11) is 3.08. The standard InChI is InChI=1S/C15H11Br3O3/c1-20-9-6-12(18)14(13(7-9)21-2)15(19)10-5-8(16)3-4-11(10)17/h3-7H,1-2H3. The third-order valence-corrected chi connectivity index (χ3v) is 4.69. The monoisotopic (exact) mass is 476 g/mol. The summed E-state index contributed by atoms with van der Waals surface area (Å²) in [4.78, 5) is 12.8. The van der Waals surface area contributed by atoms with E-state index >= 15 is 0 Å². The van der Waals surface area contributed by atoms with Gasteiger partial charge in [-0.1, -0.05) is 31.9 Å². The van der Waals surface area contributed by atoms with Crippen molar-refractivity contribution in [2.24, 2.45) is 0 Å². The van der Waals surface area contributed by atoms with Crippen LogP contribution in [0.5, 0.6) is 11.5 Å². The Kier molecular flexibility index (Phi) is 5.46. The zero-order chi connectivity index (χ0) is 15.6. The molecule has 3 nitrogen and oxygen atoms in total. The quantitative estimate of drug-likeness (QED) is 0.565. The van der Waals surface area contributed by atoms with E-state index in [1.165, 1.54) is 7.11 Å². The molecule has 0 heterocycles. The van der Waals surface area contributed by atoms with Crippen LogP contribution in [0.1, 0.15) is 15.9 Å². The van der Waals surface area contributed by atoms with Crippen LogP contribution in [0.4, 0.5) is 0 Å². The highest BCUT2D eigenvalue weighted by Crippen LogP contribution is 2.35. The molecule has 0 amide bonds. The van der Waals surface area contributed by atoms with Gasteiger partial charge < -0.3 is 9.47 Å². The topological polar surface area (TPSA) is 35.5 Å². The molecule has 0 fully saturated rings. The number of ether oxygens (including phenoxy) is 2. The van der Waals surface area contributed by atoms with Crippen LogP contribution in [-0.2, 0) is 0 Å². The van der Waals surface area contributed by atoms with Crippen LogP contribution in [0.15, 0.2) is 43.7 Å². The minimum absolute atomic E-state index is 0.144. The molecule has 0 aromatic heterocycles. The number of halogens is 3. The second-order valence-electron chi connectivity index (χ2n) is 4.14. The first-order valence-electron chi connectivity index (χ1n) is 5.89. The van der Waals surface area contributed by atoms with E-state index in [0.29, 0.717) is 27.1 Å².